The van der Waals surface area contributed by atoms with Gasteiger partial charge in [-0.2, -0.15) is 4.31 Å². The summed E-state index contributed by atoms with van der Waals surface area (Å²) < 4.78 is 28.8. The van der Waals surface area contributed by atoms with Crippen LogP contribution in [0.25, 0.3) is 10.2 Å². The van der Waals surface area contributed by atoms with Crippen LogP contribution in [0.1, 0.15) is 50.9 Å². The Morgan fingerprint density at radius 2 is 1.63 bits per heavy atom. The van der Waals surface area contributed by atoms with E-state index in [0.29, 0.717) is 30.3 Å². The zero-order valence-electron chi connectivity index (χ0n) is 22.8. The van der Waals surface area contributed by atoms with E-state index < -0.39 is 10.0 Å². The molecule has 3 aromatic rings. The Morgan fingerprint density at radius 3 is 2.21 bits per heavy atom. The number of amides is 1. The minimum atomic E-state index is -3.60. The summed E-state index contributed by atoms with van der Waals surface area (Å²) in [6.07, 6.45) is 3.77. The molecule has 2 aromatic carbocycles. The summed E-state index contributed by atoms with van der Waals surface area (Å²) >= 11 is 3.18. The summed E-state index contributed by atoms with van der Waals surface area (Å²) in [4.78, 5) is 23.9. The fraction of sp³-hybridized carbons (Fsp3) is 0.481. The first-order chi connectivity index (χ1) is 17.8. The van der Waals surface area contributed by atoms with Gasteiger partial charge in [0.05, 0.1) is 15.1 Å². The highest BCUT2D eigenvalue weighted by Gasteiger charge is 2.25. The molecule has 7 nitrogen and oxygen atoms in total. The quantitative estimate of drug-likeness (QED) is 0.205. The monoisotopic (exact) mass is 598 g/mol. The van der Waals surface area contributed by atoms with Crippen molar-refractivity contribution in [2.24, 2.45) is 0 Å². The van der Waals surface area contributed by atoms with E-state index in [9.17, 15) is 13.2 Å². The van der Waals surface area contributed by atoms with Crippen molar-refractivity contribution in [1.29, 1.82) is 0 Å². The summed E-state index contributed by atoms with van der Waals surface area (Å²) in [6, 6.07) is 12.5. The van der Waals surface area contributed by atoms with E-state index in [0.717, 1.165) is 47.6 Å². The van der Waals surface area contributed by atoms with E-state index in [1.165, 1.54) is 15.6 Å². The maximum Gasteiger partial charge on any atom is 0.260 e. The maximum atomic E-state index is 13.7. The van der Waals surface area contributed by atoms with Crippen molar-refractivity contribution in [1.82, 2.24) is 14.2 Å². The van der Waals surface area contributed by atoms with Crippen LogP contribution >= 0.6 is 35.5 Å². The lowest BCUT2D eigenvalue weighted by Gasteiger charge is -2.25. The highest BCUT2D eigenvalue weighted by Crippen LogP contribution is 2.32. The summed E-state index contributed by atoms with van der Waals surface area (Å²) in [7, 11) is -3.60. The Hall–Kier alpha value is -1.69. The molecule has 0 N–H and O–H groups in total. The molecule has 0 atom stereocenters. The van der Waals surface area contributed by atoms with Gasteiger partial charge in [0, 0.05) is 36.6 Å². The van der Waals surface area contributed by atoms with Crippen LogP contribution in [0.3, 0.4) is 0 Å². The first kappa shape index (κ1) is 32.5. The number of sulfonamides is 1. The van der Waals surface area contributed by atoms with Crippen LogP contribution in [-0.4, -0.2) is 74.0 Å². The molecule has 0 fully saturated rings. The van der Waals surface area contributed by atoms with Gasteiger partial charge in [-0.1, -0.05) is 45.5 Å². The molecule has 0 bridgehead atoms. The first-order valence-corrected chi connectivity index (χ1v) is 16.4. The number of fused-ring (bicyclic) bond motifs is 1. The lowest BCUT2D eigenvalue weighted by Crippen LogP contribution is -2.39. The number of aromatic nitrogens is 1. The summed E-state index contributed by atoms with van der Waals surface area (Å²) in [5.41, 5.74) is 1.31. The van der Waals surface area contributed by atoms with Crippen LogP contribution in [0.5, 0.6) is 0 Å². The van der Waals surface area contributed by atoms with Crippen LogP contribution in [-0.2, 0) is 10.0 Å². The Balaban J connectivity index is 0.00000507. The van der Waals surface area contributed by atoms with Gasteiger partial charge in [-0.15, -0.1) is 24.2 Å². The van der Waals surface area contributed by atoms with Crippen molar-refractivity contribution in [3.8, 4) is 0 Å². The molecular formula is C27H39ClN4O3S3. The molecule has 0 saturated heterocycles. The molecule has 0 unspecified atom stereocenters. The number of carbonyl (C=O) groups excluding carboxylic acids is 1. The predicted octanol–water partition coefficient (Wildman–Crippen LogP) is 6.24. The van der Waals surface area contributed by atoms with Gasteiger partial charge < -0.3 is 4.90 Å². The highest BCUT2D eigenvalue weighted by molar-refractivity contribution is 7.98. The zero-order valence-corrected chi connectivity index (χ0v) is 26.1. The molecule has 1 heterocycles. The van der Waals surface area contributed by atoms with Gasteiger partial charge in [0.15, 0.2) is 5.13 Å². The van der Waals surface area contributed by atoms with Gasteiger partial charge in [0.2, 0.25) is 10.0 Å². The number of likely N-dealkylation sites (N-methyl/N-ethyl adjacent to an activating group) is 1. The van der Waals surface area contributed by atoms with Crippen molar-refractivity contribution in [3.63, 3.8) is 0 Å². The molecule has 0 spiro atoms. The molecule has 0 aliphatic rings. The number of anilines is 1. The standard InChI is InChI=1S/C27H38N4O3S3.ClH/c1-6-10-17-30(9-4)37(33,34)23-14-11-21(12-15-23)26(32)31(19-18-29(7-2)8-3)27-28-24-16-13-22(35-5)20-25(24)36-27;/h11-16,20H,6-10,17-19H2,1-5H3;1H. The van der Waals surface area contributed by atoms with Gasteiger partial charge in [-0.05, 0) is 68.2 Å². The normalized spacial score (nSPS) is 11.8. The van der Waals surface area contributed by atoms with Gasteiger partial charge in [0.1, 0.15) is 0 Å². The lowest BCUT2D eigenvalue weighted by molar-refractivity contribution is 0.0983. The minimum Gasteiger partial charge on any atom is -0.302 e. The van der Waals surface area contributed by atoms with E-state index in [4.69, 9.17) is 4.98 Å². The molecule has 3 rings (SSSR count). The fourth-order valence-corrected chi connectivity index (χ4v) is 7.09. The number of thiazole rings is 1. The van der Waals surface area contributed by atoms with Crippen LogP contribution in [0, 0.1) is 0 Å². The summed E-state index contributed by atoms with van der Waals surface area (Å²) in [5.74, 6) is -0.182. The minimum absolute atomic E-state index is 0. The van der Waals surface area contributed by atoms with Crippen molar-refractivity contribution < 1.29 is 13.2 Å². The fourth-order valence-electron chi connectivity index (χ4n) is 4.06. The van der Waals surface area contributed by atoms with E-state index >= 15 is 0 Å². The molecule has 1 aromatic heterocycles. The Kier molecular flexibility index (Phi) is 13.0. The Morgan fingerprint density at radius 1 is 0.947 bits per heavy atom. The summed E-state index contributed by atoms with van der Waals surface area (Å²) in [5, 5.41) is 0.652. The molecule has 1 amide bonds. The Labute approximate surface area is 242 Å². The number of nitrogens with zero attached hydrogens (tertiary/aromatic N) is 4. The van der Waals surface area contributed by atoms with Crippen molar-refractivity contribution in [2.75, 3.05) is 50.4 Å². The predicted molar refractivity (Wildman–Crippen MR) is 164 cm³/mol. The van der Waals surface area contributed by atoms with Gasteiger partial charge in [-0.3, -0.25) is 9.69 Å². The number of hydrogen-bond donors (Lipinski definition) is 0. The second kappa shape index (κ2) is 15.2. The van der Waals surface area contributed by atoms with E-state index in [1.807, 2.05) is 32.2 Å². The van der Waals surface area contributed by atoms with Crippen LogP contribution in [0.4, 0.5) is 5.13 Å². The van der Waals surface area contributed by atoms with Gasteiger partial charge in [-0.25, -0.2) is 13.4 Å². The Bertz CT molecular complexity index is 1280. The molecule has 210 valence electrons. The average Bonchev–Trinajstić information content (AvgIpc) is 3.34. The first-order valence-electron chi connectivity index (χ1n) is 12.9. The molecule has 0 aliphatic heterocycles. The van der Waals surface area contributed by atoms with Crippen molar-refractivity contribution >= 4 is 66.8 Å². The average molecular weight is 599 g/mol. The zero-order chi connectivity index (χ0) is 27.0. The number of thioether (sulfide) groups is 1. The third-order valence-corrected chi connectivity index (χ3v) is 10.2. The third kappa shape index (κ3) is 7.70. The number of benzene rings is 2. The lowest BCUT2D eigenvalue weighted by atomic mass is 10.2. The smallest absolute Gasteiger partial charge is 0.260 e. The molecule has 38 heavy (non-hydrogen) atoms. The van der Waals surface area contributed by atoms with E-state index in [2.05, 4.69) is 24.8 Å². The molecule has 0 saturated carbocycles. The highest BCUT2D eigenvalue weighted by atomic mass is 35.5. The molecular weight excluding hydrogens is 560 g/mol. The SMILES string of the molecule is CCCCN(CC)S(=O)(=O)c1ccc(C(=O)N(CCN(CC)CC)c2nc3ccc(SC)cc3s2)cc1.Cl. The third-order valence-electron chi connectivity index (χ3n) is 6.45. The van der Waals surface area contributed by atoms with Crippen LogP contribution in [0.2, 0.25) is 0 Å². The number of carbonyl (C=O) groups is 1. The van der Waals surface area contributed by atoms with Crippen molar-refractivity contribution in [2.45, 2.75) is 50.3 Å². The molecule has 0 radical (unpaired) electrons. The number of rotatable bonds is 14. The number of unbranched alkanes of at least 4 members (excludes halogenated alkanes) is 1. The molecule has 11 heteroatoms. The second-order valence-corrected chi connectivity index (χ2v) is 12.5. The van der Waals surface area contributed by atoms with Crippen molar-refractivity contribution in [3.05, 3.63) is 48.0 Å². The number of halogens is 1. The maximum absolute atomic E-state index is 13.7. The van der Waals surface area contributed by atoms with E-state index in [-0.39, 0.29) is 23.2 Å². The van der Waals surface area contributed by atoms with Crippen LogP contribution < -0.4 is 4.90 Å². The molecule has 0 aliphatic carbocycles. The topological polar surface area (TPSA) is 73.8 Å². The summed E-state index contributed by atoms with van der Waals surface area (Å²) in [6.45, 7) is 12.0. The van der Waals surface area contributed by atoms with E-state index in [1.54, 1.807) is 40.9 Å². The van der Waals surface area contributed by atoms with Gasteiger partial charge in [0.25, 0.3) is 5.91 Å². The largest absolute Gasteiger partial charge is 0.302 e. The number of hydrogen-bond acceptors (Lipinski definition) is 7. The van der Waals surface area contributed by atoms with Crippen LogP contribution in [0.15, 0.2) is 52.3 Å². The van der Waals surface area contributed by atoms with Gasteiger partial charge >= 0.3 is 0 Å². The second-order valence-electron chi connectivity index (χ2n) is 8.69.